The predicted molar refractivity (Wildman–Crippen MR) is 84.5 cm³/mol. The molecule has 1 aromatic rings. The molecule has 7 heteroatoms. The molecule has 1 aliphatic heterocycles. The lowest BCUT2D eigenvalue weighted by molar-refractivity contribution is -0.0305. The zero-order valence-electron chi connectivity index (χ0n) is 13.3. The second-order valence-electron chi connectivity index (χ2n) is 6.27. The van der Waals surface area contributed by atoms with Crippen molar-refractivity contribution in [2.24, 2.45) is 0 Å². The van der Waals surface area contributed by atoms with E-state index in [1.165, 1.54) is 12.5 Å². The number of hydrogen-bond acceptors (Lipinski definition) is 3. The zero-order valence-corrected chi connectivity index (χ0v) is 14.2. The van der Waals surface area contributed by atoms with E-state index in [0.717, 1.165) is 18.2 Å². The summed E-state index contributed by atoms with van der Waals surface area (Å²) in [5.74, 6) is -1.08. The molecule has 1 aromatic carbocycles. The first-order chi connectivity index (χ1) is 10.8. The molecule has 0 saturated heterocycles. The van der Waals surface area contributed by atoms with Crippen LogP contribution in [0.4, 0.5) is 8.78 Å². The van der Waals surface area contributed by atoms with Gasteiger partial charge in [-0.25, -0.2) is 17.7 Å². The second kappa shape index (κ2) is 7.40. The number of rotatable bonds is 6. The van der Waals surface area contributed by atoms with Crippen LogP contribution < -0.4 is 4.72 Å². The molecule has 0 spiro atoms. The van der Waals surface area contributed by atoms with Crippen LogP contribution in [0.5, 0.6) is 0 Å². The maximum atomic E-state index is 14.1. The highest BCUT2D eigenvalue weighted by Gasteiger charge is 2.26. The van der Waals surface area contributed by atoms with E-state index in [1.54, 1.807) is 0 Å². The minimum Gasteiger partial charge on any atom is -0.459 e. The summed E-state index contributed by atoms with van der Waals surface area (Å²) in [6.45, 7) is 5.42. The van der Waals surface area contributed by atoms with Crippen LogP contribution in [0.3, 0.4) is 0 Å². The number of nitrogens with one attached hydrogen (secondary N) is 1. The lowest BCUT2D eigenvalue weighted by atomic mass is 10.0. The van der Waals surface area contributed by atoms with Gasteiger partial charge in [0.15, 0.2) is 0 Å². The number of hydrogen-bond donors (Lipinski definition) is 1. The molecule has 1 N–H and O–H groups in total. The molecule has 4 nitrogen and oxygen atoms in total. The van der Waals surface area contributed by atoms with Gasteiger partial charge in [0.1, 0.15) is 24.2 Å². The maximum absolute atomic E-state index is 14.1. The van der Waals surface area contributed by atoms with Crippen LogP contribution in [0.2, 0.25) is 0 Å². The fourth-order valence-electron chi connectivity index (χ4n) is 2.08. The number of halogens is 2. The highest BCUT2D eigenvalue weighted by Crippen LogP contribution is 2.27. The highest BCUT2D eigenvalue weighted by atomic mass is 32.2. The summed E-state index contributed by atoms with van der Waals surface area (Å²) in [6.07, 6.45) is 3.24. The molecule has 2 atom stereocenters. The topological polar surface area (TPSA) is 47.6 Å². The van der Waals surface area contributed by atoms with Gasteiger partial charge < -0.3 is 9.47 Å². The molecule has 0 radical (unpaired) electrons. The van der Waals surface area contributed by atoms with Gasteiger partial charge in [-0.1, -0.05) is 0 Å². The Balaban J connectivity index is 2.15. The first-order valence-corrected chi connectivity index (χ1v) is 8.51. The van der Waals surface area contributed by atoms with Gasteiger partial charge in [0, 0.05) is 18.0 Å². The summed E-state index contributed by atoms with van der Waals surface area (Å²) in [4.78, 5) is 0. The fourth-order valence-corrected chi connectivity index (χ4v) is 2.93. The van der Waals surface area contributed by atoms with E-state index in [-0.39, 0.29) is 5.56 Å². The van der Waals surface area contributed by atoms with Gasteiger partial charge in [0.2, 0.25) is 6.29 Å². The lowest BCUT2D eigenvalue weighted by Gasteiger charge is -2.25. The zero-order chi connectivity index (χ0) is 17.0. The number of ether oxygens (including phenoxy) is 2. The summed E-state index contributed by atoms with van der Waals surface area (Å²) in [6, 6.07) is 2.65. The minimum absolute atomic E-state index is 0.147. The summed E-state index contributed by atoms with van der Waals surface area (Å²) in [5, 5.41) is 0. The molecule has 0 bridgehead atoms. The van der Waals surface area contributed by atoms with Crippen molar-refractivity contribution in [3.05, 3.63) is 47.9 Å². The molecule has 0 aliphatic carbocycles. The molecule has 0 saturated carbocycles. The van der Waals surface area contributed by atoms with Crippen molar-refractivity contribution in [3.63, 3.8) is 0 Å². The van der Waals surface area contributed by atoms with Crippen molar-refractivity contribution in [1.29, 1.82) is 0 Å². The Kier molecular flexibility index (Phi) is 5.75. The lowest BCUT2D eigenvalue weighted by Crippen LogP contribution is -2.36. The summed E-state index contributed by atoms with van der Waals surface area (Å²) >= 11 is 0. The van der Waals surface area contributed by atoms with Gasteiger partial charge in [-0.05, 0) is 45.4 Å². The first-order valence-electron chi connectivity index (χ1n) is 7.36. The van der Waals surface area contributed by atoms with Crippen molar-refractivity contribution in [2.75, 3.05) is 0 Å². The van der Waals surface area contributed by atoms with E-state index in [2.05, 4.69) is 4.72 Å². The average Bonchev–Trinajstić information content (AvgIpc) is 2.98. The summed E-state index contributed by atoms with van der Waals surface area (Å²) in [7, 11) is -1.42. The Morgan fingerprint density at radius 1 is 1.26 bits per heavy atom. The van der Waals surface area contributed by atoms with Crippen molar-refractivity contribution >= 4 is 11.0 Å². The average molecular weight is 345 g/mol. The Bertz CT molecular complexity index is 593. The highest BCUT2D eigenvalue weighted by molar-refractivity contribution is 7.84. The molecule has 0 unspecified atom stereocenters. The van der Waals surface area contributed by atoms with Crippen LogP contribution in [0.25, 0.3) is 0 Å². The fraction of sp³-hybridized carbons (Fsp3) is 0.500. The van der Waals surface area contributed by atoms with Gasteiger partial charge in [-0.15, -0.1) is 0 Å². The van der Waals surface area contributed by atoms with E-state index >= 15 is 0 Å². The van der Waals surface area contributed by atoms with Crippen molar-refractivity contribution in [1.82, 2.24) is 4.72 Å². The minimum atomic E-state index is -1.42. The van der Waals surface area contributed by atoms with Crippen LogP contribution in [0.15, 0.2) is 30.7 Å². The summed E-state index contributed by atoms with van der Waals surface area (Å²) in [5.41, 5.74) is 0.147. The SMILES string of the molecule is CC(C)(C)[S@@](=O)N[C@H](CCC1OC=CO1)c1cc(F)ccc1F. The molecule has 0 amide bonds. The molecule has 128 valence electrons. The molecule has 0 fully saturated rings. The van der Waals surface area contributed by atoms with Crippen LogP contribution in [0, 0.1) is 11.6 Å². The van der Waals surface area contributed by atoms with Crippen molar-refractivity contribution < 1.29 is 22.5 Å². The smallest absolute Gasteiger partial charge is 0.239 e. The standard InChI is InChI=1S/C16H21F2NO3S/c1-16(2,3)23(20)19-14(6-7-15-21-8-9-22-15)12-10-11(17)4-5-13(12)18/h4-5,8-10,14-15,19H,6-7H2,1-3H3/t14-,23-/m1/s1. The van der Waals surface area contributed by atoms with Crippen LogP contribution in [-0.2, 0) is 20.5 Å². The van der Waals surface area contributed by atoms with Crippen LogP contribution >= 0.6 is 0 Å². The third kappa shape index (κ3) is 5.00. The summed E-state index contributed by atoms with van der Waals surface area (Å²) < 4.78 is 52.7. The maximum Gasteiger partial charge on any atom is 0.239 e. The molecular formula is C16H21F2NO3S. The van der Waals surface area contributed by atoms with Gasteiger partial charge in [0.05, 0.1) is 15.7 Å². The third-order valence-corrected chi connectivity index (χ3v) is 4.96. The third-order valence-electron chi connectivity index (χ3n) is 3.35. The van der Waals surface area contributed by atoms with E-state index in [9.17, 15) is 13.0 Å². The van der Waals surface area contributed by atoms with Crippen molar-refractivity contribution in [2.45, 2.75) is 50.7 Å². The molecule has 1 aliphatic rings. The van der Waals surface area contributed by atoms with E-state index < -0.39 is 39.7 Å². The van der Waals surface area contributed by atoms with E-state index in [4.69, 9.17) is 9.47 Å². The van der Waals surface area contributed by atoms with E-state index in [0.29, 0.717) is 12.8 Å². The monoisotopic (exact) mass is 345 g/mol. The quantitative estimate of drug-likeness (QED) is 0.855. The normalized spacial score (nSPS) is 17.6. The predicted octanol–water partition coefficient (Wildman–Crippen LogP) is 3.68. The first kappa shape index (κ1) is 17.9. The Labute approximate surface area is 137 Å². The van der Waals surface area contributed by atoms with Crippen LogP contribution in [-0.4, -0.2) is 15.2 Å². The Hall–Kier alpha value is -1.47. The van der Waals surface area contributed by atoms with Crippen molar-refractivity contribution in [3.8, 4) is 0 Å². The molecule has 0 aromatic heterocycles. The number of benzene rings is 1. The molecular weight excluding hydrogens is 324 g/mol. The Morgan fingerprint density at radius 3 is 2.52 bits per heavy atom. The van der Waals surface area contributed by atoms with Gasteiger partial charge in [-0.2, -0.15) is 0 Å². The van der Waals surface area contributed by atoms with Gasteiger partial charge in [0.25, 0.3) is 0 Å². The van der Waals surface area contributed by atoms with Crippen LogP contribution in [0.1, 0.15) is 45.2 Å². The Morgan fingerprint density at radius 2 is 1.91 bits per heavy atom. The van der Waals surface area contributed by atoms with Gasteiger partial charge >= 0.3 is 0 Å². The molecule has 2 rings (SSSR count). The molecule has 1 heterocycles. The molecule has 23 heavy (non-hydrogen) atoms. The van der Waals surface area contributed by atoms with E-state index in [1.807, 2.05) is 20.8 Å². The largest absolute Gasteiger partial charge is 0.459 e. The van der Waals surface area contributed by atoms with Gasteiger partial charge in [-0.3, -0.25) is 0 Å². The second-order valence-corrected chi connectivity index (χ2v) is 8.27.